The van der Waals surface area contributed by atoms with Gasteiger partial charge >= 0.3 is 5.97 Å². The maximum Gasteiger partial charge on any atom is 0.338 e. The van der Waals surface area contributed by atoms with Gasteiger partial charge in [-0.1, -0.05) is 12.1 Å². The van der Waals surface area contributed by atoms with Gasteiger partial charge in [0.15, 0.2) is 5.69 Å². The Balaban J connectivity index is 1.60. The van der Waals surface area contributed by atoms with Crippen LogP contribution in [0.25, 0.3) is 0 Å². The second kappa shape index (κ2) is 6.64. The third kappa shape index (κ3) is 3.77. The van der Waals surface area contributed by atoms with Crippen molar-refractivity contribution in [2.45, 2.75) is 32.1 Å². The highest BCUT2D eigenvalue weighted by atomic mass is 16.5. The molecule has 6 nitrogen and oxygen atoms in total. The van der Waals surface area contributed by atoms with Crippen LogP contribution in [-0.4, -0.2) is 23.6 Å². The number of carbonyl (C=O) groups excluding carboxylic acids is 2. The molecule has 1 N–H and O–H groups in total. The van der Waals surface area contributed by atoms with E-state index in [1.165, 1.54) is 0 Å². The Labute approximate surface area is 133 Å². The summed E-state index contributed by atoms with van der Waals surface area (Å²) in [5.74, 6) is 0.485. The van der Waals surface area contributed by atoms with Gasteiger partial charge in [-0.25, -0.2) is 4.79 Å². The number of rotatable bonds is 6. The zero-order valence-electron chi connectivity index (χ0n) is 12.9. The van der Waals surface area contributed by atoms with Crippen LogP contribution < -0.4 is 5.32 Å². The predicted octanol–water partition coefficient (Wildman–Crippen LogP) is 3.37. The van der Waals surface area contributed by atoms with Crippen molar-refractivity contribution in [2.75, 3.05) is 11.9 Å². The van der Waals surface area contributed by atoms with Crippen LogP contribution in [0, 0.1) is 0 Å². The van der Waals surface area contributed by atoms with Crippen LogP contribution in [0.1, 0.15) is 58.7 Å². The molecular weight excluding hydrogens is 296 g/mol. The number of anilines is 1. The fraction of sp³-hybridized carbons (Fsp3) is 0.353. The molecule has 0 atom stereocenters. The molecule has 0 bridgehead atoms. The predicted molar refractivity (Wildman–Crippen MR) is 83.4 cm³/mol. The van der Waals surface area contributed by atoms with Crippen LogP contribution in [0.4, 0.5) is 5.69 Å². The minimum Gasteiger partial charge on any atom is -0.462 e. The zero-order valence-corrected chi connectivity index (χ0v) is 12.9. The lowest BCUT2D eigenvalue weighted by Crippen LogP contribution is -2.12. The maximum absolute atomic E-state index is 12.1. The molecule has 6 heteroatoms. The van der Waals surface area contributed by atoms with E-state index in [0.29, 0.717) is 23.8 Å². The second-order valence-corrected chi connectivity index (χ2v) is 5.56. The number of carbonyl (C=O) groups is 2. The molecule has 0 saturated heterocycles. The Morgan fingerprint density at radius 2 is 2.04 bits per heavy atom. The van der Waals surface area contributed by atoms with Crippen LogP contribution in [-0.2, 0) is 4.74 Å². The molecule has 1 fully saturated rings. The molecule has 0 radical (unpaired) electrons. The lowest BCUT2D eigenvalue weighted by atomic mass is 10.2. The molecule has 120 valence electrons. The van der Waals surface area contributed by atoms with Gasteiger partial charge in [0.1, 0.15) is 5.76 Å². The van der Waals surface area contributed by atoms with E-state index in [0.717, 1.165) is 25.0 Å². The highest BCUT2D eigenvalue weighted by Crippen LogP contribution is 2.40. The van der Waals surface area contributed by atoms with Crippen molar-refractivity contribution in [3.05, 3.63) is 47.3 Å². The van der Waals surface area contributed by atoms with Gasteiger partial charge in [-0.05, 0) is 43.5 Å². The highest BCUT2D eigenvalue weighted by Gasteiger charge is 2.28. The van der Waals surface area contributed by atoms with Gasteiger partial charge in [0.2, 0.25) is 0 Å². The highest BCUT2D eigenvalue weighted by molar-refractivity contribution is 6.03. The maximum atomic E-state index is 12.1. The Morgan fingerprint density at radius 1 is 1.30 bits per heavy atom. The molecule has 1 aromatic heterocycles. The van der Waals surface area contributed by atoms with E-state index in [1.807, 2.05) is 6.92 Å². The monoisotopic (exact) mass is 314 g/mol. The van der Waals surface area contributed by atoms with E-state index in [4.69, 9.17) is 9.26 Å². The standard InChI is InChI=1S/C17H18N2O4/c1-2-9-22-17(21)12-5-7-13(8-6-12)18-16(20)14-10-15(23-19-14)11-3-4-11/h5-8,10-11H,2-4,9H2,1H3,(H,18,20). The number of esters is 1. The van der Waals surface area contributed by atoms with E-state index in [9.17, 15) is 9.59 Å². The van der Waals surface area contributed by atoms with Crippen molar-refractivity contribution in [1.82, 2.24) is 5.16 Å². The average Bonchev–Trinajstić information content (AvgIpc) is 3.30. The fourth-order valence-corrected chi connectivity index (χ4v) is 2.12. The molecule has 3 rings (SSSR count). The largest absolute Gasteiger partial charge is 0.462 e. The van der Waals surface area contributed by atoms with Gasteiger partial charge in [0, 0.05) is 17.7 Å². The third-order valence-electron chi connectivity index (χ3n) is 3.56. The summed E-state index contributed by atoms with van der Waals surface area (Å²) in [5, 5.41) is 6.52. The number of amides is 1. The van der Waals surface area contributed by atoms with Crippen molar-refractivity contribution in [2.24, 2.45) is 0 Å². The smallest absolute Gasteiger partial charge is 0.338 e. The number of aromatic nitrogens is 1. The van der Waals surface area contributed by atoms with Gasteiger partial charge in [0.25, 0.3) is 5.91 Å². The van der Waals surface area contributed by atoms with Crippen LogP contribution in [0.2, 0.25) is 0 Å². The van der Waals surface area contributed by atoms with E-state index in [1.54, 1.807) is 30.3 Å². The molecular formula is C17H18N2O4. The van der Waals surface area contributed by atoms with Gasteiger partial charge in [-0.3, -0.25) is 4.79 Å². The molecule has 1 heterocycles. The molecule has 23 heavy (non-hydrogen) atoms. The SMILES string of the molecule is CCCOC(=O)c1ccc(NC(=O)c2cc(C3CC3)on2)cc1. The average molecular weight is 314 g/mol. The van der Waals surface area contributed by atoms with E-state index >= 15 is 0 Å². The first-order valence-electron chi connectivity index (χ1n) is 7.72. The summed E-state index contributed by atoms with van der Waals surface area (Å²) in [6.45, 7) is 2.33. The molecule has 1 saturated carbocycles. The van der Waals surface area contributed by atoms with Crippen molar-refractivity contribution >= 4 is 17.6 Å². The Morgan fingerprint density at radius 3 is 2.70 bits per heavy atom. The number of benzene rings is 1. The molecule has 0 unspecified atom stereocenters. The summed E-state index contributed by atoms with van der Waals surface area (Å²) in [6, 6.07) is 8.23. The van der Waals surface area contributed by atoms with Gasteiger partial charge in [-0.2, -0.15) is 0 Å². The summed E-state index contributed by atoms with van der Waals surface area (Å²) >= 11 is 0. The summed E-state index contributed by atoms with van der Waals surface area (Å²) in [7, 11) is 0. The quantitative estimate of drug-likeness (QED) is 0.827. The van der Waals surface area contributed by atoms with Crippen LogP contribution in [0.3, 0.4) is 0 Å². The van der Waals surface area contributed by atoms with Crippen molar-refractivity contribution < 1.29 is 18.8 Å². The first kappa shape index (κ1) is 15.3. The molecule has 1 aliphatic rings. The summed E-state index contributed by atoms with van der Waals surface area (Å²) in [4.78, 5) is 23.8. The van der Waals surface area contributed by atoms with Gasteiger partial charge < -0.3 is 14.6 Å². The minimum absolute atomic E-state index is 0.262. The molecule has 1 aliphatic carbocycles. The van der Waals surface area contributed by atoms with E-state index in [2.05, 4.69) is 10.5 Å². The molecule has 1 aromatic carbocycles. The number of ether oxygens (including phenoxy) is 1. The van der Waals surface area contributed by atoms with Gasteiger partial charge in [-0.15, -0.1) is 0 Å². The van der Waals surface area contributed by atoms with Crippen LogP contribution in [0.15, 0.2) is 34.9 Å². The summed E-state index contributed by atoms with van der Waals surface area (Å²) in [5.41, 5.74) is 1.30. The third-order valence-corrected chi connectivity index (χ3v) is 3.56. The minimum atomic E-state index is -0.365. The summed E-state index contributed by atoms with van der Waals surface area (Å²) in [6.07, 6.45) is 2.96. The Bertz CT molecular complexity index is 702. The number of nitrogens with zero attached hydrogens (tertiary/aromatic N) is 1. The first-order valence-corrected chi connectivity index (χ1v) is 7.72. The Kier molecular flexibility index (Phi) is 4.41. The molecule has 0 aliphatic heterocycles. The topological polar surface area (TPSA) is 81.4 Å². The second-order valence-electron chi connectivity index (χ2n) is 5.56. The van der Waals surface area contributed by atoms with Crippen molar-refractivity contribution in [3.8, 4) is 0 Å². The molecule has 1 amide bonds. The summed E-state index contributed by atoms with van der Waals surface area (Å²) < 4.78 is 10.2. The Hall–Kier alpha value is -2.63. The van der Waals surface area contributed by atoms with Crippen LogP contribution >= 0.6 is 0 Å². The normalized spacial score (nSPS) is 13.6. The molecule has 2 aromatic rings. The van der Waals surface area contributed by atoms with E-state index < -0.39 is 0 Å². The zero-order chi connectivity index (χ0) is 16.2. The number of nitrogens with one attached hydrogen (secondary N) is 1. The van der Waals surface area contributed by atoms with Crippen molar-refractivity contribution in [3.63, 3.8) is 0 Å². The van der Waals surface area contributed by atoms with E-state index in [-0.39, 0.29) is 17.6 Å². The lowest BCUT2D eigenvalue weighted by molar-refractivity contribution is 0.0505. The first-order chi connectivity index (χ1) is 11.2. The van der Waals surface area contributed by atoms with Crippen LogP contribution in [0.5, 0.6) is 0 Å². The number of hydrogen-bond donors (Lipinski definition) is 1. The molecule has 0 spiro atoms. The fourth-order valence-electron chi connectivity index (χ4n) is 2.12. The van der Waals surface area contributed by atoms with Gasteiger partial charge in [0.05, 0.1) is 12.2 Å². The van der Waals surface area contributed by atoms with Crippen molar-refractivity contribution in [1.29, 1.82) is 0 Å². The number of hydrogen-bond acceptors (Lipinski definition) is 5. The lowest BCUT2D eigenvalue weighted by Gasteiger charge is -2.05.